The van der Waals surface area contributed by atoms with Gasteiger partial charge in [-0.25, -0.2) is 8.78 Å². The van der Waals surface area contributed by atoms with Crippen LogP contribution in [0, 0.1) is 17.0 Å². The van der Waals surface area contributed by atoms with E-state index >= 15 is 0 Å². The van der Waals surface area contributed by atoms with E-state index in [2.05, 4.69) is 0 Å². The van der Waals surface area contributed by atoms with E-state index in [9.17, 15) is 8.78 Å². The fraction of sp³-hybridized carbons (Fsp3) is 0.0714. The van der Waals surface area contributed by atoms with Gasteiger partial charge in [-0.2, -0.15) is 0 Å². The number of benzene rings is 2. The highest BCUT2D eigenvalue weighted by molar-refractivity contribution is 5.85. The first-order chi connectivity index (χ1) is 8.59. The molecule has 0 aliphatic carbocycles. The van der Waals surface area contributed by atoms with E-state index in [1.165, 1.54) is 12.1 Å². The Balaban J connectivity index is 0.00000180. The summed E-state index contributed by atoms with van der Waals surface area (Å²) in [7, 11) is 0. The first kappa shape index (κ1) is 15.1. The summed E-state index contributed by atoms with van der Waals surface area (Å²) in [5.41, 5.74) is 6.80. The predicted molar refractivity (Wildman–Crippen MR) is 74.7 cm³/mol. The summed E-state index contributed by atoms with van der Waals surface area (Å²) in [4.78, 5) is 0. The fourth-order valence-electron chi connectivity index (χ4n) is 1.85. The van der Waals surface area contributed by atoms with E-state index in [1.54, 1.807) is 24.3 Å². The summed E-state index contributed by atoms with van der Waals surface area (Å²) in [6.07, 6.45) is 0.214. The molecule has 0 unspecified atom stereocenters. The average Bonchev–Trinajstić information content (AvgIpc) is 2.33. The van der Waals surface area contributed by atoms with E-state index in [4.69, 9.17) is 11.1 Å². The molecule has 0 aliphatic rings. The van der Waals surface area contributed by atoms with Crippen molar-refractivity contribution in [1.29, 1.82) is 5.41 Å². The second-order valence-corrected chi connectivity index (χ2v) is 3.96. The Labute approximate surface area is 116 Å². The zero-order valence-electron chi connectivity index (χ0n) is 9.99. The van der Waals surface area contributed by atoms with Crippen LogP contribution in [0.4, 0.5) is 8.78 Å². The molecule has 2 aromatic rings. The fourth-order valence-corrected chi connectivity index (χ4v) is 1.85. The van der Waals surface area contributed by atoms with E-state index in [1.807, 2.05) is 0 Å². The van der Waals surface area contributed by atoms with Gasteiger partial charge in [-0.1, -0.05) is 36.4 Å². The summed E-state index contributed by atoms with van der Waals surface area (Å²) >= 11 is 0. The van der Waals surface area contributed by atoms with Gasteiger partial charge in [0.15, 0.2) is 11.6 Å². The van der Waals surface area contributed by atoms with Gasteiger partial charge < -0.3 is 5.73 Å². The van der Waals surface area contributed by atoms with Crippen molar-refractivity contribution in [2.45, 2.75) is 6.42 Å². The molecular formula is C14H13ClF2N2. The summed E-state index contributed by atoms with van der Waals surface area (Å²) in [5, 5.41) is 7.30. The Morgan fingerprint density at radius 1 is 1.00 bits per heavy atom. The molecule has 2 nitrogen and oxygen atoms in total. The van der Waals surface area contributed by atoms with E-state index in [-0.39, 0.29) is 30.2 Å². The monoisotopic (exact) mass is 282 g/mol. The largest absolute Gasteiger partial charge is 0.387 e. The Morgan fingerprint density at radius 2 is 1.63 bits per heavy atom. The molecule has 0 aliphatic heterocycles. The van der Waals surface area contributed by atoms with Crippen LogP contribution in [0.3, 0.4) is 0 Å². The van der Waals surface area contributed by atoms with Crippen molar-refractivity contribution in [3.05, 3.63) is 59.7 Å². The second-order valence-electron chi connectivity index (χ2n) is 3.96. The van der Waals surface area contributed by atoms with Crippen molar-refractivity contribution in [3.63, 3.8) is 0 Å². The van der Waals surface area contributed by atoms with E-state index < -0.39 is 11.6 Å². The molecule has 19 heavy (non-hydrogen) atoms. The predicted octanol–water partition coefficient (Wildman–Crippen LogP) is 3.53. The molecule has 3 N–H and O–H groups in total. The highest BCUT2D eigenvalue weighted by atomic mass is 35.5. The van der Waals surface area contributed by atoms with Gasteiger partial charge in [-0.3, -0.25) is 5.41 Å². The summed E-state index contributed by atoms with van der Waals surface area (Å²) < 4.78 is 27.0. The maximum Gasteiger partial charge on any atom is 0.166 e. The molecule has 0 aromatic heterocycles. The molecule has 100 valence electrons. The third-order valence-corrected chi connectivity index (χ3v) is 2.64. The van der Waals surface area contributed by atoms with Crippen LogP contribution in [0.15, 0.2) is 42.5 Å². The van der Waals surface area contributed by atoms with Crippen LogP contribution in [-0.4, -0.2) is 5.84 Å². The van der Waals surface area contributed by atoms with Gasteiger partial charge in [-0.15, -0.1) is 12.4 Å². The number of hydrogen-bond acceptors (Lipinski definition) is 1. The average molecular weight is 283 g/mol. The van der Waals surface area contributed by atoms with Gasteiger partial charge in [0.25, 0.3) is 0 Å². The van der Waals surface area contributed by atoms with Crippen LogP contribution in [-0.2, 0) is 6.42 Å². The van der Waals surface area contributed by atoms with Gasteiger partial charge in [-0.05, 0) is 17.2 Å². The van der Waals surface area contributed by atoms with Crippen molar-refractivity contribution >= 4 is 18.2 Å². The topological polar surface area (TPSA) is 49.9 Å². The molecule has 0 amide bonds. The molecule has 0 saturated heterocycles. The zero-order chi connectivity index (χ0) is 13.1. The van der Waals surface area contributed by atoms with Crippen molar-refractivity contribution < 1.29 is 8.78 Å². The number of halogens is 3. The van der Waals surface area contributed by atoms with Crippen molar-refractivity contribution in [2.75, 3.05) is 0 Å². The number of hydrogen-bond donors (Lipinski definition) is 2. The maximum absolute atomic E-state index is 13.7. The normalized spacial score (nSPS) is 9.79. The van der Waals surface area contributed by atoms with Crippen LogP contribution in [0.5, 0.6) is 0 Å². The molecule has 2 aromatic carbocycles. The number of amidine groups is 1. The molecule has 0 radical (unpaired) electrons. The second kappa shape index (κ2) is 6.29. The molecule has 0 saturated carbocycles. The quantitative estimate of drug-likeness (QED) is 0.657. The molecule has 5 heteroatoms. The maximum atomic E-state index is 13.7. The van der Waals surface area contributed by atoms with Crippen molar-refractivity contribution in [1.82, 2.24) is 0 Å². The molecule has 0 fully saturated rings. The Hall–Kier alpha value is -1.94. The Kier molecular flexibility index (Phi) is 5.01. The van der Waals surface area contributed by atoms with Gasteiger partial charge in [0.1, 0.15) is 0 Å². The smallest absolute Gasteiger partial charge is 0.166 e. The summed E-state index contributed by atoms with van der Waals surface area (Å²) in [6, 6.07) is 11.0. The molecule has 2 rings (SSSR count). The minimum Gasteiger partial charge on any atom is -0.387 e. The van der Waals surface area contributed by atoms with Crippen LogP contribution >= 0.6 is 12.4 Å². The highest BCUT2D eigenvalue weighted by Gasteiger charge is 2.12. The SMILES string of the molecule is Cl.N=C(N)Cc1ccccc1-c1cccc(F)c1F. The number of nitrogens with two attached hydrogens (primary N) is 1. The molecule has 0 atom stereocenters. The lowest BCUT2D eigenvalue weighted by molar-refractivity contribution is 0.511. The van der Waals surface area contributed by atoms with E-state index in [0.717, 1.165) is 6.07 Å². The zero-order valence-corrected chi connectivity index (χ0v) is 10.8. The van der Waals surface area contributed by atoms with Gasteiger partial charge in [0.05, 0.1) is 5.84 Å². The van der Waals surface area contributed by atoms with Crippen LogP contribution in [0.2, 0.25) is 0 Å². The minimum absolute atomic E-state index is 0. The summed E-state index contributed by atoms with van der Waals surface area (Å²) in [6.45, 7) is 0. The first-order valence-corrected chi connectivity index (χ1v) is 5.45. The first-order valence-electron chi connectivity index (χ1n) is 5.45. The number of nitrogens with one attached hydrogen (secondary N) is 1. The Morgan fingerprint density at radius 3 is 2.32 bits per heavy atom. The standard InChI is InChI=1S/C14H12F2N2.ClH/c15-12-7-3-6-11(14(12)16)10-5-2-1-4-9(10)8-13(17)18;/h1-7H,8H2,(H3,17,18);1H. The van der Waals surface area contributed by atoms with Crippen molar-refractivity contribution in [3.8, 4) is 11.1 Å². The van der Waals surface area contributed by atoms with E-state index in [0.29, 0.717) is 11.1 Å². The van der Waals surface area contributed by atoms with Crippen LogP contribution in [0.25, 0.3) is 11.1 Å². The van der Waals surface area contributed by atoms with Crippen LogP contribution < -0.4 is 5.73 Å². The Bertz CT molecular complexity index is 600. The lowest BCUT2D eigenvalue weighted by atomic mass is 9.97. The van der Waals surface area contributed by atoms with Crippen LogP contribution in [0.1, 0.15) is 5.56 Å². The molecular weight excluding hydrogens is 270 g/mol. The third-order valence-electron chi connectivity index (χ3n) is 2.64. The lowest BCUT2D eigenvalue weighted by Gasteiger charge is -2.10. The number of rotatable bonds is 3. The third kappa shape index (κ3) is 3.29. The van der Waals surface area contributed by atoms with Gasteiger partial charge in [0.2, 0.25) is 0 Å². The highest BCUT2D eigenvalue weighted by Crippen LogP contribution is 2.27. The van der Waals surface area contributed by atoms with Gasteiger partial charge in [0, 0.05) is 12.0 Å². The van der Waals surface area contributed by atoms with Gasteiger partial charge >= 0.3 is 0 Å². The molecule has 0 heterocycles. The minimum atomic E-state index is -0.884. The molecule has 0 spiro atoms. The van der Waals surface area contributed by atoms with Crippen molar-refractivity contribution in [2.24, 2.45) is 5.73 Å². The molecule has 0 bridgehead atoms. The summed E-state index contributed by atoms with van der Waals surface area (Å²) in [5.74, 6) is -1.78. The lowest BCUT2D eigenvalue weighted by Crippen LogP contribution is -2.13.